The van der Waals surface area contributed by atoms with Crippen LogP contribution in [0.1, 0.15) is 21.5 Å². The molecule has 0 aromatic heterocycles. The van der Waals surface area contributed by atoms with E-state index in [1.807, 2.05) is 0 Å². The molecule has 1 unspecified atom stereocenters. The highest BCUT2D eigenvalue weighted by molar-refractivity contribution is 5.94. The van der Waals surface area contributed by atoms with Crippen LogP contribution in [0.5, 0.6) is 0 Å². The van der Waals surface area contributed by atoms with E-state index >= 15 is 0 Å². The predicted octanol–water partition coefficient (Wildman–Crippen LogP) is 1.17. The van der Waals surface area contributed by atoms with Gasteiger partial charge in [0, 0.05) is 50.9 Å². The van der Waals surface area contributed by atoms with Crippen molar-refractivity contribution in [3.05, 3.63) is 34.6 Å². The SMILES string of the molecule is Cc1cc(C(=O)NCC2CN3CCN2CC3)cc(C)c1F. The molecule has 21 heavy (non-hydrogen) atoms. The Morgan fingerprint density at radius 3 is 2.38 bits per heavy atom. The maximum Gasteiger partial charge on any atom is 0.251 e. The number of fused-ring (bicyclic) bond motifs is 3. The van der Waals surface area contributed by atoms with Gasteiger partial charge in [-0.3, -0.25) is 14.6 Å². The van der Waals surface area contributed by atoms with Gasteiger partial charge in [-0.25, -0.2) is 4.39 Å². The number of hydrogen-bond acceptors (Lipinski definition) is 3. The number of halogens is 1. The topological polar surface area (TPSA) is 35.6 Å². The van der Waals surface area contributed by atoms with Crippen LogP contribution in [0.15, 0.2) is 12.1 Å². The molecule has 0 spiro atoms. The zero-order valence-electron chi connectivity index (χ0n) is 12.7. The normalized spacial score (nSPS) is 27.7. The average molecular weight is 291 g/mol. The lowest BCUT2D eigenvalue weighted by Crippen LogP contribution is -2.63. The molecule has 3 saturated heterocycles. The highest BCUT2D eigenvalue weighted by Crippen LogP contribution is 2.16. The minimum absolute atomic E-state index is 0.112. The van der Waals surface area contributed by atoms with Crippen molar-refractivity contribution in [2.24, 2.45) is 0 Å². The van der Waals surface area contributed by atoms with Crippen molar-refractivity contribution in [1.29, 1.82) is 0 Å². The van der Waals surface area contributed by atoms with Crippen LogP contribution in [0.4, 0.5) is 4.39 Å². The van der Waals surface area contributed by atoms with E-state index in [9.17, 15) is 9.18 Å². The van der Waals surface area contributed by atoms with E-state index in [1.165, 1.54) is 0 Å². The molecule has 3 aliphatic heterocycles. The largest absolute Gasteiger partial charge is 0.350 e. The highest BCUT2D eigenvalue weighted by atomic mass is 19.1. The molecule has 1 N–H and O–H groups in total. The first-order valence-electron chi connectivity index (χ1n) is 7.56. The first-order chi connectivity index (χ1) is 10.0. The Hall–Kier alpha value is -1.46. The summed E-state index contributed by atoms with van der Waals surface area (Å²) < 4.78 is 13.6. The maximum atomic E-state index is 13.6. The van der Waals surface area contributed by atoms with Crippen molar-refractivity contribution < 1.29 is 9.18 Å². The lowest BCUT2D eigenvalue weighted by Gasteiger charge is -2.47. The van der Waals surface area contributed by atoms with Crippen LogP contribution < -0.4 is 5.32 Å². The number of carbonyl (C=O) groups is 1. The molecule has 0 radical (unpaired) electrons. The van der Waals surface area contributed by atoms with Crippen LogP contribution in [-0.4, -0.2) is 61.0 Å². The van der Waals surface area contributed by atoms with Gasteiger partial charge in [0.25, 0.3) is 5.91 Å². The molecule has 0 aliphatic carbocycles. The zero-order chi connectivity index (χ0) is 15.0. The Balaban J connectivity index is 1.62. The Labute approximate surface area is 124 Å². The van der Waals surface area contributed by atoms with Gasteiger partial charge in [-0.1, -0.05) is 0 Å². The van der Waals surface area contributed by atoms with Gasteiger partial charge in [0.2, 0.25) is 0 Å². The van der Waals surface area contributed by atoms with Gasteiger partial charge in [0.05, 0.1) is 0 Å². The molecule has 1 aromatic rings. The molecule has 3 heterocycles. The molecular weight excluding hydrogens is 269 g/mol. The number of aryl methyl sites for hydroxylation is 2. The summed E-state index contributed by atoms with van der Waals surface area (Å²) in [6, 6.07) is 3.64. The summed E-state index contributed by atoms with van der Waals surface area (Å²) in [5.74, 6) is -0.339. The van der Waals surface area contributed by atoms with Crippen LogP contribution in [0.3, 0.4) is 0 Å². The minimum atomic E-state index is -0.227. The predicted molar refractivity (Wildman–Crippen MR) is 80.0 cm³/mol. The van der Waals surface area contributed by atoms with Crippen molar-refractivity contribution >= 4 is 5.91 Å². The van der Waals surface area contributed by atoms with E-state index in [4.69, 9.17) is 0 Å². The Morgan fingerprint density at radius 2 is 1.86 bits per heavy atom. The van der Waals surface area contributed by atoms with E-state index in [2.05, 4.69) is 15.1 Å². The lowest BCUT2D eigenvalue weighted by atomic mass is 10.1. The quantitative estimate of drug-likeness (QED) is 0.908. The third kappa shape index (κ3) is 2.94. The molecule has 1 aromatic carbocycles. The highest BCUT2D eigenvalue weighted by Gasteiger charge is 2.31. The summed E-state index contributed by atoms with van der Waals surface area (Å²) in [5, 5.41) is 3.00. The summed E-state index contributed by atoms with van der Waals surface area (Å²) >= 11 is 0. The summed E-state index contributed by atoms with van der Waals surface area (Å²) in [5.41, 5.74) is 1.58. The number of benzene rings is 1. The number of nitrogens with zero attached hydrogens (tertiary/aromatic N) is 2. The van der Waals surface area contributed by atoms with Crippen LogP contribution in [0.25, 0.3) is 0 Å². The Bertz CT molecular complexity index is 529. The molecule has 3 aliphatic rings. The van der Waals surface area contributed by atoms with Crippen LogP contribution >= 0.6 is 0 Å². The second-order valence-corrected chi connectivity index (χ2v) is 6.12. The molecule has 5 heteroatoms. The molecule has 2 bridgehead atoms. The second kappa shape index (κ2) is 5.73. The van der Waals surface area contributed by atoms with Crippen molar-refractivity contribution in [2.45, 2.75) is 19.9 Å². The van der Waals surface area contributed by atoms with Gasteiger partial charge in [-0.2, -0.15) is 0 Å². The van der Waals surface area contributed by atoms with Crippen LogP contribution in [0.2, 0.25) is 0 Å². The summed E-state index contributed by atoms with van der Waals surface area (Å²) in [6.07, 6.45) is 0. The van der Waals surface area contributed by atoms with Gasteiger partial charge >= 0.3 is 0 Å². The van der Waals surface area contributed by atoms with Crippen molar-refractivity contribution in [2.75, 3.05) is 39.3 Å². The fraction of sp³-hybridized carbons (Fsp3) is 0.562. The molecule has 1 atom stereocenters. The molecule has 0 saturated carbocycles. The van der Waals surface area contributed by atoms with Gasteiger partial charge in [-0.15, -0.1) is 0 Å². The molecule has 114 valence electrons. The standard InChI is InChI=1S/C16H22FN3O/c1-11-7-13(8-12(2)15(11)17)16(21)18-9-14-10-19-3-5-20(14)6-4-19/h7-8,14H,3-6,9-10H2,1-2H3,(H,18,21). The van der Waals surface area contributed by atoms with Gasteiger partial charge in [0.15, 0.2) is 0 Å². The lowest BCUT2D eigenvalue weighted by molar-refractivity contribution is 0.0138. The second-order valence-electron chi connectivity index (χ2n) is 6.12. The first kappa shape index (κ1) is 14.5. The number of carbonyl (C=O) groups excluding carboxylic acids is 1. The smallest absolute Gasteiger partial charge is 0.251 e. The molecule has 4 rings (SSSR count). The van der Waals surface area contributed by atoms with Gasteiger partial charge in [-0.05, 0) is 37.1 Å². The fourth-order valence-corrected chi connectivity index (χ4v) is 3.31. The summed E-state index contributed by atoms with van der Waals surface area (Å²) in [7, 11) is 0. The Morgan fingerprint density at radius 1 is 1.24 bits per heavy atom. The maximum absolute atomic E-state index is 13.6. The number of rotatable bonds is 3. The van der Waals surface area contributed by atoms with Crippen molar-refractivity contribution in [3.63, 3.8) is 0 Å². The monoisotopic (exact) mass is 291 g/mol. The summed E-state index contributed by atoms with van der Waals surface area (Å²) in [4.78, 5) is 17.1. The van der Waals surface area contributed by atoms with E-state index in [0.29, 0.717) is 29.3 Å². The van der Waals surface area contributed by atoms with Gasteiger partial charge < -0.3 is 5.32 Å². The molecule has 4 nitrogen and oxygen atoms in total. The molecule has 1 amide bonds. The van der Waals surface area contributed by atoms with E-state index in [-0.39, 0.29) is 11.7 Å². The minimum Gasteiger partial charge on any atom is -0.350 e. The fourth-order valence-electron chi connectivity index (χ4n) is 3.31. The van der Waals surface area contributed by atoms with Crippen molar-refractivity contribution in [1.82, 2.24) is 15.1 Å². The third-order valence-electron chi connectivity index (χ3n) is 4.59. The molecular formula is C16H22FN3O. The number of piperazine rings is 3. The summed E-state index contributed by atoms with van der Waals surface area (Å²) in [6.45, 7) is 9.54. The number of amides is 1. The Kier molecular flexibility index (Phi) is 3.95. The zero-order valence-corrected chi connectivity index (χ0v) is 12.7. The number of hydrogen-bond donors (Lipinski definition) is 1. The third-order valence-corrected chi connectivity index (χ3v) is 4.59. The average Bonchev–Trinajstić information content (AvgIpc) is 2.51. The van der Waals surface area contributed by atoms with E-state index < -0.39 is 0 Å². The van der Waals surface area contributed by atoms with Crippen LogP contribution in [0, 0.1) is 19.7 Å². The van der Waals surface area contributed by atoms with Gasteiger partial charge in [0.1, 0.15) is 5.82 Å². The van der Waals surface area contributed by atoms with Crippen LogP contribution in [-0.2, 0) is 0 Å². The van der Waals surface area contributed by atoms with Crippen molar-refractivity contribution in [3.8, 4) is 0 Å². The first-order valence-corrected chi connectivity index (χ1v) is 7.56. The van der Waals surface area contributed by atoms with E-state index in [0.717, 1.165) is 32.7 Å². The molecule has 3 fully saturated rings. The van der Waals surface area contributed by atoms with E-state index in [1.54, 1.807) is 26.0 Å². The number of nitrogens with one attached hydrogen (secondary N) is 1.